The van der Waals surface area contributed by atoms with E-state index in [4.69, 9.17) is 0 Å². The molecule has 1 saturated heterocycles. The molecule has 0 saturated carbocycles. The molecule has 0 aliphatic carbocycles. The topological polar surface area (TPSA) is 65.5 Å². The van der Waals surface area contributed by atoms with Crippen LogP contribution in [0.3, 0.4) is 0 Å². The molecule has 6 nitrogen and oxygen atoms in total. The van der Waals surface area contributed by atoms with Gasteiger partial charge in [0, 0.05) is 50.3 Å². The highest BCUT2D eigenvalue weighted by molar-refractivity contribution is 6.00. The quantitative estimate of drug-likeness (QED) is 0.917. The zero-order valence-electron chi connectivity index (χ0n) is 15.4. The second-order valence-corrected chi connectivity index (χ2v) is 6.63. The number of carbonyl (C=O) groups is 2. The molecule has 26 heavy (non-hydrogen) atoms. The minimum absolute atomic E-state index is 0.0203. The van der Waals surface area contributed by atoms with Crippen LogP contribution in [0.1, 0.15) is 28.4 Å². The van der Waals surface area contributed by atoms with E-state index < -0.39 is 6.04 Å². The molecule has 2 amide bonds. The highest BCUT2D eigenvalue weighted by Crippen LogP contribution is 2.23. The lowest BCUT2D eigenvalue weighted by atomic mass is 10.0. The van der Waals surface area contributed by atoms with Gasteiger partial charge < -0.3 is 15.1 Å². The lowest BCUT2D eigenvalue weighted by Gasteiger charge is -2.37. The number of rotatable bonds is 4. The van der Waals surface area contributed by atoms with E-state index in [0.29, 0.717) is 25.2 Å². The fourth-order valence-corrected chi connectivity index (χ4v) is 3.20. The second kappa shape index (κ2) is 7.56. The van der Waals surface area contributed by atoms with Crippen molar-refractivity contribution in [2.45, 2.75) is 26.4 Å². The summed E-state index contributed by atoms with van der Waals surface area (Å²) in [6.07, 6.45) is 3.56. The van der Waals surface area contributed by atoms with E-state index in [2.05, 4.69) is 10.3 Å². The van der Waals surface area contributed by atoms with Gasteiger partial charge >= 0.3 is 0 Å². The summed E-state index contributed by atoms with van der Waals surface area (Å²) < 4.78 is 0. The molecule has 1 aliphatic heterocycles. The Hall–Kier alpha value is -2.89. The molecule has 0 spiro atoms. The molecule has 1 aliphatic rings. The van der Waals surface area contributed by atoms with Crippen molar-refractivity contribution < 1.29 is 9.59 Å². The molecule has 2 aromatic rings. The Labute approximate surface area is 153 Å². The van der Waals surface area contributed by atoms with E-state index in [1.165, 1.54) is 0 Å². The highest BCUT2D eigenvalue weighted by Gasteiger charge is 2.33. The van der Waals surface area contributed by atoms with Crippen LogP contribution in [0, 0.1) is 6.92 Å². The fourth-order valence-electron chi connectivity index (χ4n) is 3.20. The fraction of sp³-hybridized carbons (Fsp3) is 0.350. The van der Waals surface area contributed by atoms with E-state index in [0.717, 1.165) is 16.8 Å². The molecule has 136 valence electrons. The van der Waals surface area contributed by atoms with Gasteiger partial charge in [-0.25, -0.2) is 0 Å². The number of benzene rings is 1. The number of nitrogens with zero attached hydrogens (tertiary/aromatic N) is 3. The molecule has 1 atom stereocenters. The minimum Gasteiger partial charge on any atom is -0.381 e. The number of likely N-dealkylation sites (N-methyl/N-ethyl adjacent to an activating group) is 1. The number of amides is 2. The van der Waals surface area contributed by atoms with Crippen molar-refractivity contribution in [1.82, 2.24) is 14.8 Å². The van der Waals surface area contributed by atoms with Crippen LogP contribution in [0.4, 0.5) is 5.69 Å². The van der Waals surface area contributed by atoms with Gasteiger partial charge in [-0.3, -0.25) is 14.6 Å². The number of anilines is 1. The van der Waals surface area contributed by atoms with Crippen LogP contribution < -0.4 is 5.32 Å². The number of pyridine rings is 1. The van der Waals surface area contributed by atoms with E-state index in [-0.39, 0.29) is 11.8 Å². The van der Waals surface area contributed by atoms with Gasteiger partial charge in [0.05, 0.1) is 0 Å². The molecule has 0 unspecified atom stereocenters. The average Bonchev–Trinajstić information content (AvgIpc) is 2.66. The first-order chi connectivity index (χ1) is 12.5. The van der Waals surface area contributed by atoms with Gasteiger partial charge in [0.1, 0.15) is 6.04 Å². The Morgan fingerprint density at radius 2 is 2.08 bits per heavy atom. The third-order valence-corrected chi connectivity index (χ3v) is 4.91. The number of nitrogens with one attached hydrogen (secondary N) is 1. The predicted octanol–water partition coefficient (Wildman–Crippen LogP) is 2.30. The Morgan fingerprint density at radius 1 is 1.27 bits per heavy atom. The first kappa shape index (κ1) is 17.9. The maximum Gasteiger partial charge on any atom is 0.254 e. The zero-order valence-corrected chi connectivity index (χ0v) is 15.4. The largest absolute Gasteiger partial charge is 0.381 e. The van der Waals surface area contributed by atoms with Gasteiger partial charge in [0.2, 0.25) is 5.91 Å². The van der Waals surface area contributed by atoms with Crippen molar-refractivity contribution >= 4 is 17.5 Å². The molecule has 3 rings (SSSR count). The third kappa shape index (κ3) is 3.54. The van der Waals surface area contributed by atoms with Crippen molar-refractivity contribution in [3.8, 4) is 0 Å². The van der Waals surface area contributed by atoms with Gasteiger partial charge in [-0.15, -0.1) is 0 Å². The molecule has 1 aromatic heterocycles. The van der Waals surface area contributed by atoms with Crippen molar-refractivity contribution in [1.29, 1.82) is 0 Å². The Morgan fingerprint density at radius 3 is 2.81 bits per heavy atom. The van der Waals surface area contributed by atoms with Crippen LogP contribution in [0.25, 0.3) is 0 Å². The van der Waals surface area contributed by atoms with Crippen LogP contribution in [-0.4, -0.2) is 52.8 Å². The van der Waals surface area contributed by atoms with E-state index in [9.17, 15) is 9.59 Å². The SMILES string of the molecule is Cc1c(NCc2cccnc2)cccc1C(=O)N1CCN(C)C(=O)[C@H]1C. The lowest BCUT2D eigenvalue weighted by molar-refractivity contribution is -0.137. The summed E-state index contributed by atoms with van der Waals surface area (Å²) in [5, 5.41) is 3.37. The second-order valence-electron chi connectivity index (χ2n) is 6.63. The number of hydrogen-bond acceptors (Lipinski definition) is 4. The van der Waals surface area contributed by atoms with E-state index in [1.807, 2.05) is 43.5 Å². The lowest BCUT2D eigenvalue weighted by Crippen LogP contribution is -2.56. The molecule has 6 heteroatoms. The van der Waals surface area contributed by atoms with Gasteiger partial charge in [-0.2, -0.15) is 0 Å². The highest BCUT2D eigenvalue weighted by atomic mass is 16.2. The number of hydrogen-bond donors (Lipinski definition) is 1. The molecular formula is C20H24N4O2. The molecule has 1 aromatic carbocycles. The van der Waals surface area contributed by atoms with Crippen LogP contribution in [-0.2, 0) is 11.3 Å². The maximum absolute atomic E-state index is 13.0. The van der Waals surface area contributed by atoms with Crippen molar-refractivity contribution in [3.63, 3.8) is 0 Å². The first-order valence-corrected chi connectivity index (χ1v) is 8.77. The van der Waals surface area contributed by atoms with Gasteiger partial charge in [-0.1, -0.05) is 12.1 Å². The van der Waals surface area contributed by atoms with Crippen LogP contribution in [0.15, 0.2) is 42.7 Å². The Bertz CT molecular complexity index is 807. The molecule has 2 heterocycles. The zero-order chi connectivity index (χ0) is 18.7. The van der Waals surface area contributed by atoms with Crippen molar-refractivity contribution in [2.75, 3.05) is 25.5 Å². The van der Waals surface area contributed by atoms with Crippen molar-refractivity contribution in [2.24, 2.45) is 0 Å². The van der Waals surface area contributed by atoms with Crippen LogP contribution >= 0.6 is 0 Å². The Balaban J connectivity index is 1.78. The molecule has 0 radical (unpaired) electrons. The summed E-state index contributed by atoms with van der Waals surface area (Å²) in [6.45, 7) is 5.47. The van der Waals surface area contributed by atoms with Gasteiger partial charge in [0.15, 0.2) is 0 Å². The van der Waals surface area contributed by atoms with E-state index in [1.54, 1.807) is 30.0 Å². The standard InChI is InChI=1S/C20H24N4O2/c1-14-17(20(26)24-11-10-23(3)19(25)15(24)2)7-4-8-18(14)22-13-16-6-5-9-21-12-16/h4-9,12,15,22H,10-11,13H2,1-3H3/t15-/m1/s1. The minimum atomic E-state index is -0.437. The predicted molar refractivity (Wildman–Crippen MR) is 101 cm³/mol. The summed E-state index contributed by atoms with van der Waals surface area (Å²) in [6, 6.07) is 9.11. The monoisotopic (exact) mass is 352 g/mol. The average molecular weight is 352 g/mol. The molecule has 0 bridgehead atoms. The number of carbonyl (C=O) groups excluding carboxylic acids is 2. The maximum atomic E-state index is 13.0. The molecular weight excluding hydrogens is 328 g/mol. The molecule has 1 N–H and O–H groups in total. The first-order valence-electron chi connectivity index (χ1n) is 8.77. The summed E-state index contributed by atoms with van der Waals surface area (Å²) in [7, 11) is 1.77. The van der Waals surface area contributed by atoms with E-state index >= 15 is 0 Å². The number of aromatic nitrogens is 1. The summed E-state index contributed by atoms with van der Waals surface area (Å²) in [4.78, 5) is 32.7. The number of piperazine rings is 1. The summed E-state index contributed by atoms with van der Waals surface area (Å²) >= 11 is 0. The van der Waals surface area contributed by atoms with Gasteiger partial charge in [0.25, 0.3) is 5.91 Å². The van der Waals surface area contributed by atoms with Crippen LogP contribution in [0.2, 0.25) is 0 Å². The smallest absolute Gasteiger partial charge is 0.254 e. The van der Waals surface area contributed by atoms with Gasteiger partial charge in [-0.05, 0) is 43.2 Å². The van der Waals surface area contributed by atoms with Crippen LogP contribution in [0.5, 0.6) is 0 Å². The molecule has 1 fully saturated rings. The summed E-state index contributed by atoms with van der Waals surface area (Å²) in [5.74, 6) is -0.116. The Kier molecular flexibility index (Phi) is 5.21. The normalized spacial score (nSPS) is 17.3. The summed E-state index contributed by atoms with van der Waals surface area (Å²) in [5.41, 5.74) is 3.50. The third-order valence-electron chi connectivity index (χ3n) is 4.91. The van der Waals surface area contributed by atoms with Crippen molar-refractivity contribution in [3.05, 3.63) is 59.4 Å².